The summed E-state index contributed by atoms with van der Waals surface area (Å²) in [5.74, 6) is -0.994. The van der Waals surface area contributed by atoms with Crippen molar-refractivity contribution in [2.45, 2.75) is 43.3 Å². The molecule has 1 amide bonds. The summed E-state index contributed by atoms with van der Waals surface area (Å²) >= 11 is 0. The number of rotatable bonds is 6. The lowest BCUT2D eigenvalue weighted by Gasteiger charge is -2.20. The minimum atomic E-state index is -4.60. The molecule has 3 N–H and O–H groups in total. The maximum atomic E-state index is 12.8. The summed E-state index contributed by atoms with van der Waals surface area (Å²) in [7, 11) is -4.15. The van der Waals surface area contributed by atoms with Gasteiger partial charge in [0.05, 0.1) is 17.1 Å². The van der Waals surface area contributed by atoms with E-state index in [4.69, 9.17) is 0 Å². The van der Waals surface area contributed by atoms with Crippen LogP contribution in [0.15, 0.2) is 53.4 Å². The Kier molecular flexibility index (Phi) is 6.95. The Balaban J connectivity index is 2.16. The number of halogens is 3. The summed E-state index contributed by atoms with van der Waals surface area (Å²) in [5, 5.41) is 11.6. The number of anilines is 1. The van der Waals surface area contributed by atoms with Crippen molar-refractivity contribution >= 4 is 21.6 Å². The first kappa shape index (κ1) is 23.8. The molecule has 0 aliphatic heterocycles. The van der Waals surface area contributed by atoms with Crippen molar-refractivity contribution in [2.24, 2.45) is 0 Å². The van der Waals surface area contributed by atoms with Crippen molar-refractivity contribution < 1.29 is 31.5 Å². The zero-order valence-electron chi connectivity index (χ0n) is 16.6. The van der Waals surface area contributed by atoms with E-state index in [0.717, 1.165) is 17.7 Å². The summed E-state index contributed by atoms with van der Waals surface area (Å²) < 4.78 is 65.6. The zero-order valence-corrected chi connectivity index (χ0v) is 17.4. The second-order valence-electron chi connectivity index (χ2n) is 7.70. The molecule has 164 valence electrons. The fourth-order valence-corrected chi connectivity index (χ4v) is 3.75. The highest BCUT2D eigenvalue weighted by Gasteiger charge is 2.31. The van der Waals surface area contributed by atoms with Crippen LogP contribution in [0.2, 0.25) is 0 Å². The van der Waals surface area contributed by atoms with E-state index in [2.05, 4.69) is 10.0 Å². The monoisotopic (exact) mass is 444 g/mol. The van der Waals surface area contributed by atoms with E-state index in [9.17, 15) is 31.5 Å². The van der Waals surface area contributed by atoms with E-state index in [1.54, 1.807) is 12.1 Å². The van der Waals surface area contributed by atoms with Crippen LogP contribution in [0.4, 0.5) is 18.9 Å². The van der Waals surface area contributed by atoms with Crippen LogP contribution in [0.3, 0.4) is 0 Å². The zero-order chi connectivity index (χ0) is 22.7. The Morgan fingerprint density at radius 2 is 1.63 bits per heavy atom. The number of hydrogen-bond donors (Lipinski definition) is 3. The maximum absolute atomic E-state index is 12.8. The van der Waals surface area contributed by atoms with Crippen LogP contribution in [0.5, 0.6) is 0 Å². The van der Waals surface area contributed by atoms with Gasteiger partial charge < -0.3 is 10.4 Å². The molecule has 1 unspecified atom stereocenters. The minimum Gasteiger partial charge on any atom is -0.394 e. The number of aliphatic hydroxyl groups is 1. The van der Waals surface area contributed by atoms with Crippen molar-refractivity contribution in [1.82, 2.24) is 4.72 Å². The molecule has 0 bridgehead atoms. The molecule has 0 aliphatic carbocycles. The van der Waals surface area contributed by atoms with Gasteiger partial charge in [0.2, 0.25) is 15.9 Å². The van der Waals surface area contributed by atoms with Crippen LogP contribution in [-0.4, -0.2) is 32.1 Å². The van der Waals surface area contributed by atoms with Gasteiger partial charge in [0.25, 0.3) is 0 Å². The maximum Gasteiger partial charge on any atom is 0.416 e. The first-order chi connectivity index (χ1) is 13.7. The average molecular weight is 444 g/mol. The number of alkyl halides is 3. The Morgan fingerprint density at radius 1 is 1.03 bits per heavy atom. The van der Waals surface area contributed by atoms with E-state index in [1.165, 1.54) is 18.2 Å². The van der Waals surface area contributed by atoms with E-state index >= 15 is 0 Å². The van der Waals surface area contributed by atoms with Gasteiger partial charge in [-0.15, -0.1) is 0 Å². The molecule has 2 aromatic rings. The molecule has 0 spiro atoms. The van der Waals surface area contributed by atoms with Crippen molar-refractivity contribution in [2.75, 3.05) is 11.9 Å². The average Bonchev–Trinajstić information content (AvgIpc) is 2.65. The molecule has 0 fully saturated rings. The van der Waals surface area contributed by atoms with Gasteiger partial charge in [0.15, 0.2) is 0 Å². The van der Waals surface area contributed by atoms with Crippen LogP contribution in [0, 0.1) is 0 Å². The van der Waals surface area contributed by atoms with Gasteiger partial charge >= 0.3 is 6.18 Å². The minimum absolute atomic E-state index is 0.110. The van der Waals surface area contributed by atoms with E-state index < -0.39 is 40.3 Å². The molecule has 0 radical (unpaired) electrons. The second-order valence-corrected chi connectivity index (χ2v) is 9.41. The molecular weight excluding hydrogens is 421 g/mol. The number of nitrogens with one attached hydrogen (secondary N) is 2. The smallest absolute Gasteiger partial charge is 0.394 e. The van der Waals surface area contributed by atoms with Crippen molar-refractivity contribution in [3.05, 3.63) is 59.7 Å². The van der Waals surface area contributed by atoms with Gasteiger partial charge in [-0.05, 0) is 41.3 Å². The SMILES string of the molecule is CC(C)(C)c1ccc(S(=O)(=O)NC(CO)C(=O)Nc2cccc(C(F)(F)F)c2)cc1. The van der Waals surface area contributed by atoms with Crippen molar-refractivity contribution in [1.29, 1.82) is 0 Å². The number of hydrogen-bond acceptors (Lipinski definition) is 4. The normalized spacial score (nSPS) is 13.7. The summed E-state index contributed by atoms with van der Waals surface area (Å²) in [4.78, 5) is 12.2. The van der Waals surface area contributed by atoms with Crippen LogP contribution >= 0.6 is 0 Å². The number of amides is 1. The number of carbonyl (C=O) groups excluding carboxylic acids is 1. The largest absolute Gasteiger partial charge is 0.416 e. The standard InChI is InChI=1S/C20H23F3N2O4S/c1-19(2,3)13-7-9-16(10-8-13)30(28,29)25-17(12-26)18(27)24-15-6-4-5-14(11-15)20(21,22)23/h4-11,17,25-26H,12H2,1-3H3,(H,24,27). The van der Waals surface area contributed by atoms with Crippen molar-refractivity contribution in [3.63, 3.8) is 0 Å². The lowest BCUT2D eigenvalue weighted by atomic mass is 9.87. The molecular formula is C20H23F3N2O4S. The number of carbonyl (C=O) groups is 1. The number of benzene rings is 2. The number of sulfonamides is 1. The van der Waals surface area contributed by atoms with E-state index in [-0.39, 0.29) is 16.0 Å². The highest BCUT2D eigenvalue weighted by Crippen LogP contribution is 2.30. The van der Waals surface area contributed by atoms with Gasteiger partial charge in [-0.2, -0.15) is 17.9 Å². The predicted molar refractivity (Wildman–Crippen MR) is 106 cm³/mol. The van der Waals surface area contributed by atoms with E-state index in [0.29, 0.717) is 6.07 Å². The molecule has 0 aromatic heterocycles. The Hall–Kier alpha value is -2.43. The van der Waals surface area contributed by atoms with Crippen LogP contribution in [-0.2, 0) is 26.4 Å². The molecule has 10 heteroatoms. The lowest BCUT2D eigenvalue weighted by Crippen LogP contribution is -2.46. The van der Waals surface area contributed by atoms with Gasteiger partial charge in [0.1, 0.15) is 6.04 Å². The molecule has 30 heavy (non-hydrogen) atoms. The number of aliphatic hydroxyl groups excluding tert-OH is 1. The highest BCUT2D eigenvalue weighted by molar-refractivity contribution is 7.89. The molecule has 0 saturated heterocycles. The topological polar surface area (TPSA) is 95.5 Å². The molecule has 0 aliphatic rings. The van der Waals surface area contributed by atoms with Crippen LogP contribution in [0.1, 0.15) is 31.9 Å². The third-order valence-corrected chi connectivity index (χ3v) is 5.77. The molecule has 2 aromatic carbocycles. The second kappa shape index (κ2) is 8.75. The van der Waals surface area contributed by atoms with Crippen LogP contribution < -0.4 is 10.0 Å². The molecule has 2 rings (SSSR count). The molecule has 0 heterocycles. The molecule has 0 saturated carbocycles. The van der Waals surface area contributed by atoms with Gasteiger partial charge in [-0.1, -0.05) is 39.0 Å². The van der Waals surface area contributed by atoms with Crippen molar-refractivity contribution in [3.8, 4) is 0 Å². The van der Waals surface area contributed by atoms with Gasteiger partial charge in [-0.25, -0.2) is 8.42 Å². The summed E-state index contributed by atoms with van der Waals surface area (Å²) in [6, 6.07) is 8.33. The molecule has 1 atom stereocenters. The molecule has 6 nitrogen and oxygen atoms in total. The third-order valence-electron chi connectivity index (χ3n) is 4.28. The first-order valence-corrected chi connectivity index (χ1v) is 10.4. The van der Waals surface area contributed by atoms with E-state index in [1.807, 2.05) is 20.8 Å². The summed E-state index contributed by atoms with van der Waals surface area (Å²) in [6.45, 7) is 5.02. The first-order valence-electron chi connectivity index (χ1n) is 8.96. The Bertz CT molecular complexity index is 998. The summed E-state index contributed by atoms with van der Waals surface area (Å²) in [6.07, 6.45) is -4.60. The third kappa shape index (κ3) is 6.04. The van der Waals surface area contributed by atoms with Gasteiger partial charge in [-0.3, -0.25) is 4.79 Å². The summed E-state index contributed by atoms with van der Waals surface area (Å²) in [5.41, 5.74) is -0.432. The predicted octanol–water partition coefficient (Wildman–Crippen LogP) is 3.28. The fourth-order valence-electron chi connectivity index (χ4n) is 2.57. The quantitative estimate of drug-likeness (QED) is 0.637. The Morgan fingerprint density at radius 3 is 2.13 bits per heavy atom. The Labute approximate surface area is 173 Å². The lowest BCUT2D eigenvalue weighted by molar-refractivity contribution is -0.137. The van der Waals surface area contributed by atoms with Gasteiger partial charge in [0, 0.05) is 5.69 Å². The highest BCUT2D eigenvalue weighted by atomic mass is 32.2. The van der Waals surface area contributed by atoms with Crippen LogP contribution in [0.25, 0.3) is 0 Å². The fraction of sp³-hybridized carbons (Fsp3) is 0.350.